The molecule has 0 aliphatic carbocycles. The first-order valence-electron chi connectivity index (χ1n) is 11.1. The van der Waals surface area contributed by atoms with Gasteiger partial charge in [-0.2, -0.15) is 0 Å². The van der Waals surface area contributed by atoms with Crippen LogP contribution in [0.5, 0.6) is 11.5 Å². The van der Waals surface area contributed by atoms with Crippen LogP contribution < -0.4 is 9.47 Å². The third kappa shape index (κ3) is 4.49. The molecule has 2 heterocycles. The van der Waals surface area contributed by atoms with Crippen molar-refractivity contribution < 1.29 is 9.47 Å². The van der Waals surface area contributed by atoms with Crippen LogP contribution in [0.25, 0.3) is 0 Å². The van der Waals surface area contributed by atoms with Crippen LogP contribution in [0.15, 0.2) is 60.8 Å². The maximum atomic E-state index is 5.62. The lowest BCUT2D eigenvalue weighted by Crippen LogP contribution is -2.29. The highest BCUT2D eigenvalue weighted by molar-refractivity contribution is 5.45. The first-order valence-corrected chi connectivity index (χ1v) is 11.1. The van der Waals surface area contributed by atoms with E-state index in [9.17, 15) is 0 Å². The van der Waals surface area contributed by atoms with E-state index < -0.39 is 0 Å². The van der Waals surface area contributed by atoms with Gasteiger partial charge in [-0.05, 0) is 52.8 Å². The Balaban J connectivity index is 1.70. The molecule has 4 nitrogen and oxygen atoms in total. The molecule has 2 aromatic carbocycles. The number of aromatic nitrogens is 1. The maximum Gasteiger partial charge on any atom is 0.161 e. The van der Waals surface area contributed by atoms with Crippen molar-refractivity contribution in [1.29, 1.82) is 0 Å². The zero-order chi connectivity index (χ0) is 22.0. The minimum absolute atomic E-state index is 0.166. The number of nitrogens with zero attached hydrogens (tertiary/aromatic N) is 2. The van der Waals surface area contributed by atoms with Crippen LogP contribution in [-0.4, -0.2) is 30.2 Å². The van der Waals surface area contributed by atoms with Crippen LogP contribution in [0.4, 0.5) is 0 Å². The summed E-state index contributed by atoms with van der Waals surface area (Å²) in [6, 6.07) is 20.0. The van der Waals surface area contributed by atoms with Crippen molar-refractivity contribution in [2.24, 2.45) is 0 Å². The number of hydrogen-bond acceptors (Lipinski definition) is 3. The number of fused-ring (bicyclic) bond motifs is 1. The number of aryl methyl sites for hydroxylation is 1. The van der Waals surface area contributed by atoms with Gasteiger partial charge in [-0.3, -0.25) is 4.90 Å². The molecule has 0 saturated heterocycles. The van der Waals surface area contributed by atoms with Gasteiger partial charge < -0.3 is 14.0 Å². The average Bonchev–Trinajstić information content (AvgIpc) is 3.14. The number of rotatable bonds is 5. The van der Waals surface area contributed by atoms with Gasteiger partial charge in [-0.25, -0.2) is 0 Å². The zero-order valence-corrected chi connectivity index (χ0v) is 19.4. The second-order valence-electron chi connectivity index (χ2n) is 9.41. The summed E-state index contributed by atoms with van der Waals surface area (Å²) in [4.78, 5) is 2.59. The molecule has 1 aromatic heterocycles. The van der Waals surface area contributed by atoms with Gasteiger partial charge >= 0.3 is 0 Å². The molecular formula is C27H34N2O2. The SMILES string of the molecule is COc1ccc([C@@H]2c3cccn3CCCN2Cc2ccc(C(C)(C)C)cc2)cc1OC. The van der Waals surface area contributed by atoms with Gasteiger partial charge in [-0.15, -0.1) is 0 Å². The molecular weight excluding hydrogens is 384 g/mol. The van der Waals surface area contributed by atoms with Crippen molar-refractivity contribution in [3.05, 3.63) is 83.2 Å². The Morgan fingerprint density at radius 3 is 2.32 bits per heavy atom. The fourth-order valence-corrected chi connectivity index (χ4v) is 4.56. The van der Waals surface area contributed by atoms with Crippen molar-refractivity contribution in [3.63, 3.8) is 0 Å². The Bertz CT molecular complexity index is 1010. The van der Waals surface area contributed by atoms with Gasteiger partial charge in [0.1, 0.15) is 0 Å². The Kier molecular flexibility index (Phi) is 6.10. The second-order valence-corrected chi connectivity index (χ2v) is 9.41. The first-order chi connectivity index (χ1) is 14.9. The third-order valence-electron chi connectivity index (χ3n) is 6.28. The maximum absolute atomic E-state index is 5.62. The lowest BCUT2D eigenvalue weighted by molar-refractivity contribution is 0.220. The van der Waals surface area contributed by atoms with Crippen LogP contribution in [0, 0.1) is 0 Å². The van der Waals surface area contributed by atoms with E-state index in [1.54, 1.807) is 14.2 Å². The zero-order valence-electron chi connectivity index (χ0n) is 19.4. The van der Waals surface area contributed by atoms with Gasteiger partial charge in [0, 0.05) is 31.5 Å². The molecule has 0 saturated carbocycles. The molecule has 0 spiro atoms. The normalized spacial score (nSPS) is 17.1. The summed E-state index contributed by atoms with van der Waals surface area (Å²) < 4.78 is 13.5. The molecule has 0 radical (unpaired) electrons. The Morgan fingerprint density at radius 1 is 0.903 bits per heavy atom. The Hall–Kier alpha value is -2.72. The van der Waals surface area contributed by atoms with E-state index in [0.717, 1.165) is 37.6 Å². The average molecular weight is 419 g/mol. The van der Waals surface area contributed by atoms with E-state index in [1.807, 2.05) is 6.07 Å². The predicted molar refractivity (Wildman–Crippen MR) is 126 cm³/mol. The molecule has 0 bridgehead atoms. The largest absolute Gasteiger partial charge is 0.493 e. The second kappa shape index (κ2) is 8.80. The van der Waals surface area contributed by atoms with Gasteiger partial charge in [0.15, 0.2) is 11.5 Å². The molecule has 1 atom stereocenters. The number of hydrogen-bond donors (Lipinski definition) is 0. The third-order valence-corrected chi connectivity index (χ3v) is 6.28. The highest BCUT2D eigenvalue weighted by Crippen LogP contribution is 2.37. The van der Waals surface area contributed by atoms with Crippen molar-refractivity contribution in [2.45, 2.75) is 51.7 Å². The summed E-state index contributed by atoms with van der Waals surface area (Å²) in [5, 5.41) is 0. The molecule has 4 heteroatoms. The minimum atomic E-state index is 0.166. The summed E-state index contributed by atoms with van der Waals surface area (Å²) in [6.45, 7) is 9.79. The van der Waals surface area contributed by atoms with Gasteiger partial charge in [0.2, 0.25) is 0 Å². The predicted octanol–water partition coefficient (Wildman–Crippen LogP) is 5.80. The minimum Gasteiger partial charge on any atom is -0.493 e. The van der Waals surface area contributed by atoms with Crippen molar-refractivity contribution in [3.8, 4) is 11.5 Å². The number of benzene rings is 2. The van der Waals surface area contributed by atoms with Crippen molar-refractivity contribution in [2.75, 3.05) is 20.8 Å². The van der Waals surface area contributed by atoms with Crippen LogP contribution in [-0.2, 0) is 18.5 Å². The summed E-state index contributed by atoms with van der Waals surface area (Å²) in [6.07, 6.45) is 3.33. The van der Waals surface area contributed by atoms with Crippen LogP contribution in [0.3, 0.4) is 0 Å². The summed E-state index contributed by atoms with van der Waals surface area (Å²) in [5.41, 5.74) is 5.45. The van der Waals surface area contributed by atoms with Crippen LogP contribution in [0.2, 0.25) is 0 Å². The molecule has 4 rings (SSSR count). The first kappa shape index (κ1) is 21.5. The van der Waals surface area contributed by atoms with Crippen LogP contribution >= 0.6 is 0 Å². The monoisotopic (exact) mass is 418 g/mol. The van der Waals surface area contributed by atoms with E-state index in [4.69, 9.17) is 9.47 Å². The Morgan fingerprint density at radius 2 is 1.65 bits per heavy atom. The summed E-state index contributed by atoms with van der Waals surface area (Å²) in [7, 11) is 3.38. The molecule has 0 fully saturated rings. The van der Waals surface area contributed by atoms with E-state index in [0.29, 0.717) is 0 Å². The molecule has 164 valence electrons. The smallest absolute Gasteiger partial charge is 0.161 e. The molecule has 3 aromatic rings. The molecule has 1 aliphatic heterocycles. The highest BCUT2D eigenvalue weighted by atomic mass is 16.5. The molecule has 31 heavy (non-hydrogen) atoms. The van der Waals surface area contributed by atoms with E-state index >= 15 is 0 Å². The van der Waals surface area contributed by atoms with Crippen LogP contribution in [0.1, 0.15) is 55.6 Å². The fraction of sp³-hybridized carbons (Fsp3) is 0.407. The standard InChI is InChI=1S/C27H34N2O2/c1-27(2,3)22-12-9-20(10-13-22)19-29-17-7-16-28-15-6-8-23(28)26(29)21-11-14-24(30-4)25(18-21)31-5/h6,8-15,18,26H,7,16-17,19H2,1-5H3/t26-/m1/s1. The number of methoxy groups -OCH3 is 2. The topological polar surface area (TPSA) is 26.6 Å². The summed E-state index contributed by atoms with van der Waals surface area (Å²) in [5.74, 6) is 1.54. The lowest BCUT2D eigenvalue weighted by Gasteiger charge is -2.31. The van der Waals surface area contributed by atoms with Crippen molar-refractivity contribution in [1.82, 2.24) is 9.47 Å². The number of ether oxygens (including phenoxy) is 2. The Labute approximate surface area is 186 Å². The molecule has 0 N–H and O–H groups in total. The van der Waals surface area contributed by atoms with Gasteiger partial charge in [-0.1, -0.05) is 51.1 Å². The van der Waals surface area contributed by atoms with E-state index in [2.05, 4.69) is 85.0 Å². The lowest BCUT2D eigenvalue weighted by atomic mass is 9.86. The van der Waals surface area contributed by atoms with E-state index in [-0.39, 0.29) is 11.5 Å². The van der Waals surface area contributed by atoms with Gasteiger partial charge in [0.25, 0.3) is 0 Å². The molecule has 0 unspecified atom stereocenters. The fourth-order valence-electron chi connectivity index (χ4n) is 4.56. The molecule has 1 aliphatic rings. The van der Waals surface area contributed by atoms with Gasteiger partial charge in [0.05, 0.1) is 20.3 Å². The van der Waals surface area contributed by atoms with E-state index in [1.165, 1.54) is 22.4 Å². The highest BCUT2D eigenvalue weighted by Gasteiger charge is 2.28. The quantitative estimate of drug-likeness (QED) is 0.524. The van der Waals surface area contributed by atoms with Crippen molar-refractivity contribution >= 4 is 0 Å². The summed E-state index contributed by atoms with van der Waals surface area (Å²) >= 11 is 0. The molecule has 0 amide bonds.